The molecule has 3 rings (SSSR count). The van der Waals surface area contributed by atoms with Crippen LogP contribution in [0.5, 0.6) is 5.75 Å². The number of fused-ring (bicyclic) bond motifs is 1. The number of amides is 1. The van der Waals surface area contributed by atoms with Crippen molar-refractivity contribution in [3.8, 4) is 5.75 Å². The lowest BCUT2D eigenvalue weighted by Crippen LogP contribution is -2.40. The molecule has 1 fully saturated rings. The highest BCUT2D eigenvalue weighted by atomic mass is 19.1. The van der Waals surface area contributed by atoms with Gasteiger partial charge in [-0.3, -0.25) is 4.79 Å². The number of carbonyl (C=O) groups excluding carboxylic acids is 1. The number of hydrogen-bond donors (Lipinski definition) is 2. The molecule has 1 atom stereocenters. The van der Waals surface area contributed by atoms with Gasteiger partial charge in [-0.15, -0.1) is 0 Å². The molecule has 2 heterocycles. The average molecular weight is 264 g/mol. The Bertz CT molecular complexity index is 486. The van der Waals surface area contributed by atoms with Gasteiger partial charge in [-0.05, 0) is 44.1 Å². The zero-order chi connectivity index (χ0) is 13.2. The molecule has 2 aliphatic rings. The molecule has 0 saturated carbocycles. The van der Waals surface area contributed by atoms with E-state index in [1.165, 1.54) is 12.1 Å². The normalized spacial score (nSPS) is 22.7. The molecule has 0 radical (unpaired) electrons. The third-order valence-electron chi connectivity index (χ3n) is 3.78. The van der Waals surface area contributed by atoms with Crippen LogP contribution in [0.2, 0.25) is 0 Å². The van der Waals surface area contributed by atoms with Gasteiger partial charge in [-0.25, -0.2) is 4.39 Å². The number of ether oxygens (including phenoxy) is 1. The fraction of sp³-hybridized carbons (Fsp3) is 0.500. The summed E-state index contributed by atoms with van der Waals surface area (Å²) >= 11 is 0. The predicted molar refractivity (Wildman–Crippen MR) is 68.4 cm³/mol. The molecule has 102 valence electrons. The molecule has 1 aromatic carbocycles. The molecule has 1 saturated heterocycles. The maximum absolute atomic E-state index is 13.3. The Hall–Kier alpha value is -1.62. The van der Waals surface area contributed by atoms with Gasteiger partial charge in [-0.1, -0.05) is 0 Å². The largest absolute Gasteiger partial charge is 0.491 e. The van der Waals surface area contributed by atoms with Crippen LogP contribution in [0.4, 0.5) is 4.39 Å². The first-order valence-corrected chi connectivity index (χ1v) is 6.67. The Labute approximate surface area is 111 Å². The van der Waals surface area contributed by atoms with Crippen molar-refractivity contribution in [2.24, 2.45) is 5.92 Å². The number of halogens is 1. The summed E-state index contributed by atoms with van der Waals surface area (Å²) in [4.78, 5) is 12.2. The summed E-state index contributed by atoms with van der Waals surface area (Å²) in [6.45, 7) is 2.14. The van der Waals surface area contributed by atoms with Crippen LogP contribution in [0, 0.1) is 11.7 Å². The van der Waals surface area contributed by atoms with Crippen molar-refractivity contribution in [2.75, 3.05) is 19.7 Å². The first-order valence-electron chi connectivity index (χ1n) is 6.67. The van der Waals surface area contributed by atoms with Crippen molar-refractivity contribution < 1.29 is 13.9 Å². The maximum Gasteiger partial charge on any atom is 0.223 e. The topological polar surface area (TPSA) is 50.4 Å². The van der Waals surface area contributed by atoms with E-state index in [-0.39, 0.29) is 23.7 Å². The number of nitrogens with one attached hydrogen (secondary N) is 2. The minimum atomic E-state index is -0.301. The lowest BCUT2D eigenvalue weighted by Gasteiger charge is -2.23. The molecule has 1 aromatic rings. The molecule has 0 aromatic heterocycles. The van der Waals surface area contributed by atoms with Gasteiger partial charge in [-0.2, -0.15) is 0 Å². The fourth-order valence-electron chi connectivity index (χ4n) is 2.68. The van der Waals surface area contributed by atoms with Crippen molar-refractivity contribution in [3.05, 3.63) is 29.6 Å². The average Bonchev–Trinajstić information content (AvgIpc) is 2.82. The highest BCUT2D eigenvalue weighted by Gasteiger charge is 2.29. The number of hydrogen-bond acceptors (Lipinski definition) is 3. The molecule has 2 aliphatic heterocycles. The summed E-state index contributed by atoms with van der Waals surface area (Å²) in [6.07, 6.45) is 1.71. The molecule has 0 spiro atoms. The quantitative estimate of drug-likeness (QED) is 0.848. The number of benzene rings is 1. The maximum atomic E-state index is 13.3. The van der Waals surface area contributed by atoms with Gasteiger partial charge in [0.15, 0.2) is 0 Å². The monoisotopic (exact) mass is 264 g/mol. The summed E-state index contributed by atoms with van der Waals surface area (Å²) in [5.41, 5.74) is 0.738. The summed E-state index contributed by atoms with van der Waals surface area (Å²) < 4.78 is 18.7. The van der Waals surface area contributed by atoms with Crippen molar-refractivity contribution in [3.63, 3.8) is 0 Å². The summed E-state index contributed by atoms with van der Waals surface area (Å²) in [7, 11) is 0. The minimum Gasteiger partial charge on any atom is -0.491 e. The summed E-state index contributed by atoms with van der Waals surface area (Å²) in [5, 5.41) is 6.21. The lowest BCUT2D eigenvalue weighted by molar-refractivity contribution is -0.126. The van der Waals surface area contributed by atoms with E-state index < -0.39 is 0 Å². The van der Waals surface area contributed by atoms with Crippen LogP contribution in [0.1, 0.15) is 24.4 Å². The highest BCUT2D eigenvalue weighted by Crippen LogP contribution is 2.33. The van der Waals surface area contributed by atoms with E-state index in [1.54, 1.807) is 6.07 Å². The zero-order valence-corrected chi connectivity index (χ0v) is 10.6. The van der Waals surface area contributed by atoms with Crippen molar-refractivity contribution in [1.29, 1.82) is 0 Å². The van der Waals surface area contributed by atoms with E-state index in [1.807, 2.05) is 0 Å². The van der Waals surface area contributed by atoms with Gasteiger partial charge in [0, 0.05) is 11.5 Å². The van der Waals surface area contributed by atoms with Gasteiger partial charge in [0.05, 0.1) is 6.04 Å². The number of rotatable bonds is 2. The molecule has 2 N–H and O–H groups in total. The van der Waals surface area contributed by atoms with Crippen LogP contribution in [-0.2, 0) is 4.79 Å². The second kappa shape index (κ2) is 5.17. The van der Waals surface area contributed by atoms with Gasteiger partial charge in [0.25, 0.3) is 0 Å². The minimum absolute atomic E-state index is 0.0483. The SMILES string of the molecule is O=C(NC1COc2ccc(F)cc21)C1CCNCC1. The third-order valence-corrected chi connectivity index (χ3v) is 3.78. The summed E-state index contributed by atoms with van der Waals surface area (Å²) in [5.74, 6) is 0.466. The Morgan fingerprint density at radius 3 is 2.95 bits per heavy atom. The van der Waals surface area contributed by atoms with E-state index in [2.05, 4.69) is 10.6 Å². The van der Waals surface area contributed by atoms with Gasteiger partial charge in [0.2, 0.25) is 5.91 Å². The van der Waals surface area contributed by atoms with Crippen LogP contribution >= 0.6 is 0 Å². The second-order valence-corrected chi connectivity index (χ2v) is 5.08. The Morgan fingerprint density at radius 2 is 2.16 bits per heavy atom. The smallest absolute Gasteiger partial charge is 0.223 e. The summed E-state index contributed by atoms with van der Waals surface area (Å²) in [6, 6.07) is 4.19. The third kappa shape index (κ3) is 2.56. The lowest BCUT2D eigenvalue weighted by atomic mass is 9.96. The van der Waals surface area contributed by atoms with Gasteiger partial charge < -0.3 is 15.4 Å². The van der Waals surface area contributed by atoms with E-state index >= 15 is 0 Å². The number of piperidine rings is 1. The zero-order valence-electron chi connectivity index (χ0n) is 10.6. The predicted octanol–water partition coefficient (Wildman–Crippen LogP) is 1.37. The standard InChI is InChI=1S/C14H17FN2O2/c15-10-1-2-13-11(7-10)12(8-19-13)17-14(18)9-3-5-16-6-4-9/h1-2,7,9,12,16H,3-6,8H2,(H,17,18). The molecule has 0 bridgehead atoms. The molecule has 19 heavy (non-hydrogen) atoms. The van der Waals surface area contributed by atoms with Crippen molar-refractivity contribution in [1.82, 2.24) is 10.6 Å². The Kier molecular flexibility index (Phi) is 3.38. The molecule has 5 heteroatoms. The van der Waals surface area contributed by atoms with Crippen molar-refractivity contribution in [2.45, 2.75) is 18.9 Å². The van der Waals surface area contributed by atoms with E-state index in [0.29, 0.717) is 12.4 Å². The van der Waals surface area contributed by atoms with Gasteiger partial charge in [0.1, 0.15) is 18.2 Å². The molecular formula is C14H17FN2O2. The van der Waals surface area contributed by atoms with E-state index in [4.69, 9.17) is 4.74 Å². The second-order valence-electron chi connectivity index (χ2n) is 5.08. The molecule has 1 amide bonds. The Morgan fingerprint density at radius 1 is 1.37 bits per heavy atom. The van der Waals surface area contributed by atoms with Crippen LogP contribution < -0.4 is 15.4 Å². The van der Waals surface area contributed by atoms with Gasteiger partial charge >= 0.3 is 0 Å². The highest BCUT2D eigenvalue weighted by molar-refractivity contribution is 5.79. The van der Waals surface area contributed by atoms with Crippen molar-refractivity contribution >= 4 is 5.91 Å². The van der Waals surface area contributed by atoms with Crippen LogP contribution in [-0.4, -0.2) is 25.6 Å². The first-order chi connectivity index (χ1) is 9.24. The molecule has 4 nitrogen and oxygen atoms in total. The van der Waals surface area contributed by atoms with Crippen LogP contribution in [0.25, 0.3) is 0 Å². The van der Waals surface area contributed by atoms with Crippen LogP contribution in [0.3, 0.4) is 0 Å². The first kappa shape index (κ1) is 12.4. The molecule has 0 aliphatic carbocycles. The molecular weight excluding hydrogens is 247 g/mol. The van der Waals surface area contributed by atoms with E-state index in [0.717, 1.165) is 31.5 Å². The fourth-order valence-corrected chi connectivity index (χ4v) is 2.68. The van der Waals surface area contributed by atoms with E-state index in [9.17, 15) is 9.18 Å². The van der Waals surface area contributed by atoms with Crippen LogP contribution in [0.15, 0.2) is 18.2 Å². The Balaban J connectivity index is 1.68. The number of carbonyl (C=O) groups is 1. The molecule has 1 unspecified atom stereocenters.